The van der Waals surface area contributed by atoms with Gasteiger partial charge >= 0.3 is 6.09 Å². The number of benzene rings is 3. The predicted octanol–water partition coefficient (Wildman–Crippen LogP) is 7.02. The van der Waals surface area contributed by atoms with Gasteiger partial charge in [0, 0.05) is 5.92 Å². The average Bonchev–Trinajstić information content (AvgIpc) is 3.11. The van der Waals surface area contributed by atoms with Crippen molar-refractivity contribution in [1.82, 2.24) is 5.32 Å². The number of alkyl carbamates (subject to hydrolysis) is 1. The lowest BCUT2D eigenvalue weighted by molar-refractivity contribution is 0.139. The standard InChI is InChI=1S/C29H31NO3/c1-19(2)17-28(21-13-15-22(16-14-21)33-20(3)4)30-29(31)32-18-27-25-11-7-5-9-23(25)24-10-6-8-12-26(24)27/h5-16,20,27-28H,1,17-18H2,2-4H3,(H,30,31). The van der Waals surface area contributed by atoms with Crippen LogP contribution in [-0.4, -0.2) is 18.8 Å². The molecule has 1 aliphatic carbocycles. The number of rotatable bonds is 8. The van der Waals surface area contributed by atoms with Gasteiger partial charge in [0.1, 0.15) is 12.4 Å². The first-order chi connectivity index (χ1) is 15.9. The summed E-state index contributed by atoms with van der Waals surface area (Å²) >= 11 is 0. The lowest BCUT2D eigenvalue weighted by atomic mass is 9.98. The lowest BCUT2D eigenvalue weighted by Gasteiger charge is -2.21. The zero-order valence-electron chi connectivity index (χ0n) is 19.5. The van der Waals surface area contributed by atoms with E-state index in [4.69, 9.17) is 9.47 Å². The van der Waals surface area contributed by atoms with Crippen molar-refractivity contribution < 1.29 is 14.3 Å². The zero-order valence-corrected chi connectivity index (χ0v) is 19.5. The second kappa shape index (κ2) is 9.95. The van der Waals surface area contributed by atoms with E-state index in [1.54, 1.807) is 0 Å². The SMILES string of the molecule is C=C(C)CC(NC(=O)OCC1c2ccccc2-c2ccccc21)c1ccc(OC(C)C)cc1. The van der Waals surface area contributed by atoms with Crippen molar-refractivity contribution in [3.8, 4) is 16.9 Å². The van der Waals surface area contributed by atoms with Crippen LogP contribution in [0.15, 0.2) is 84.9 Å². The number of hydrogen-bond acceptors (Lipinski definition) is 3. The van der Waals surface area contributed by atoms with Crippen molar-refractivity contribution in [1.29, 1.82) is 0 Å². The molecule has 0 radical (unpaired) electrons. The number of ether oxygens (including phenoxy) is 2. The smallest absolute Gasteiger partial charge is 0.407 e. The normalized spacial score (nSPS) is 13.2. The Morgan fingerprint density at radius 3 is 2.06 bits per heavy atom. The van der Waals surface area contributed by atoms with Crippen molar-refractivity contribution in [2.24, 2.45) is 0 Å². The molecule has 3 aromatic carbocycles. The highest BCUT2D eigenvalue weighted by Gasteiger charge is 2.29. The Balaban J connectivity index is 1.45. The fourth-order valence-electron chi connectivity index (χ4n) is 4.43. The van der Waals surface area contributed by atoms with Crippen LogP contribution in [0, 0.1) is 0 Å². The summed E-state index contributed by atoms with van der Waals surface area (Å²) in [6.07, 6.45) is 0.320. The molecule has 170 valence electrons. The number of carbonyl (C=O) groups is 1. The molecule has 1 N–H and O–H groups in total. The fraction of sp³-hybridized carbons (Fsp3) is 0.276. The van der Waals surface area contributed by atoms with Gasteiger partial charge in [-0.25, -0.2) is 4.79 Å². The summed E-state index contributed by atoms with van der Waals surface area (Å²) in [6.45, 7) is 10.3. The highest BCUT2D eigenvalue weighted by molar-refractivity contribution is 5.79. The van der Waals surface area contributed by atoms with Crippen molar-refractivity contribution in [2.45, 2.75) is 45.3 Å². The number of hydrogen-bond donors (Lipinski definition) is 1. The molecule has 1 amide bonds. The van der Waals surface area contributed by atoms with E-state index in [1.165, 1.54) is 22.3 Å². The van der Waals surface area contributed by atoms with Crippen LogP contribution in [0.4, 0.5) is 4.79 Å². The third kappa shape index (κ3) is 5.28. The fourth-order valence-corrected chi connectivity index (χ4v) is 4.43. The van der Waals surface area contributed by atoms with Gasteiger partial charge in [-0.1, -0.05) is 66.2 Å². The minimum atomic E-state index is -0.425. The average molecular weight is 442 g/mol. The van der Waals surface area contributed by atoms with Gasteiger partial charge < -0.3 is 14.8 Å². The summed E-state index contributed by atoms with van der Waals surface area (Å²) in [5, 5.41) is 3.03. The molecule has 4 nitrogen and oxygen atoms in total. The molecule has 4 heteroatoms. The third-order valence-corrected chi connectivity index (χ3v) is 5.84. The van der Waals surface area contributed by atoms with Gasteiger partial charge in [0.2, 0.25) is 0 Å². The molecule has 0 saturated carbocycles. The Kier molecular flexibility index (Phi) is 6.83. The second-order valence-electron chi connectivity index (χ2n) is 8.92. The quantitative estimate of drug-likeness (QED) is 0.382. The first-order valence-corrected chi connectivity index (χ1v) is 11.4. The van der Waals surface area contributed by atoms with Crippen LogP contribution >= 0.6 is 0 Å². The molecular formula is C29H31NO3. The molecule has 1 atom stereocenters. The Bertz CT molecular complexity index is 1090. The van der Waals surface area contributed by atoms with Gasteiger partial charge in [-0.2, -0.15) is 0 Å². The van der Waals surface area contributed by atoms with E-state index in [0.717, 1.165) is 16.9 Å². The van der Waals surface area contributed by atoms with Crippen LogP contribution in [-0.2, 0) is 4.74 Å². The van der Waals surface area contributed by atoms with Crippen molar-refractivity contribution in [2.75, 3.05) is 6.61 Å². The van der Waals surface area contributed by atoms with E-state index in [1.807, 2.05) is 69.3 Å². The minimum Gasteiger partial charge on any atom is -0.491 e. The number of amides is 1. The molecule has 1 unspecified atom stereocenters. The largest absolute Gasteiger partial charge is 0.491 e. The summed E-state index contributed by atoms with van der Waals surface area (Å²) in [6, 6.07) is 24.3. The Morgan fingerprint density at radius 1 is 0.939 bits per heavy atom. The number of fused-ring (bicyclic) bond motifs is 3. The second-order valence-corrected chi connectivity index (χ2v) is 8.92. The summed E-state index contributed by atoms with van der Waals surface area (Å²) < 4.78 is 11.5. The van der Waals surface area contributed by atoms with Gasteiger partial charge in [0.15, 0.2) is 0 Å². The van der Waals surface area contributed by atoms with Crippen molar-refractivity contribution in [3.05, 3.63) is 102 Å². The van der Waals surface area contributed by atoms with E-state index >= 15 is 0 Å². The van der Waals surface area contributed by atoms with E-state index < -0.39 is 6.09 Å². The maximum Gasteiger partial charge on any atom is 0.407 e. The summed E-state index contributed by atoms with van der Waals surface area (Å²) in [5.74, 6) is 0.846. The zero-order chi connectivity index (χ0) is 23.4. The van der Waals surface area contributed by atoms with Crippen LogP contribution in [0.25, 0.3) is 11.1 Å². The van der Waals surface area contributed by atoms with Gasteiger partial charge in [-0.15, -0.1) is 6.58 Å². The topological polar surface area (TPSA) is 47.6 Å². The summed E-state index contributed by atoms with van der Waals surface area (Å²) in [5.41, 5.74) is 6.80. The number of carbonyl (C=O) groups excluding carboxylic acids is 1. The monoisotopic (exact) mass is 441 g/mol. The molecule has 3 aromatic rings. The molecule has 0 saturated heterocycles. The first kappa shape index (κ1) is 22.7. The van der Waals surface area contributed by atoms with E-state index in [9.17, 15) is 4.79 Å². The Hall–Kier alpha value is -3.53. The molecule has 33 heavy (non-hydrogen) atoms. The van der Waals surface area contributed by atoms with E-state index in [-0.39, 0.29) is 18.1 Å². The molecular weight excluding hydrogens is 410 g/mol. The van der Waals surface area contributed by atoms with Gasteiger partial charge in [0.05, 0.1) is 12.1 Å². The molecule has 0 aliphatic heterocycles. The van der Waals surface area contributed by atoms with Gasteiger partial charge in [-0.05, 0) is 67.1 Å². The molecule has 0 fully saturated rings. The maximum atomic E-state index is 12.8. The minimum absolute atomic E-state index is 0.0372. The van der Waals surface area contributed by atoms with Crippen LogP contribution in [0.3, 0.4) is 0 Å². The Labute approximate surface area is 196 Å². The summed E-state index contributed by atoms with van der Waals surface area (Å²) in [7, 11) is 0. The van der Waals surface area contributed by atoms with Gasteiger partial charge in [0.25, 0.3) is 0 Å². The molecule has 4 rings (SSSR count). The molecule has 0 spiro atoms. The molecule has 0 aromatic heterocycles. The molecule has 0 bridgehead atoms. The first-order valence-electron chi connectivity index (χ1n) is 11.4. The van der Waals surface area contributed by atoms with Crippen molar-refractivity contribution in [3.63, 3.8) is 0 Å². The van der Waals surface area contributed by atoms with Crippen LogP contribution in [0.5, 0.6) is 5.75 Å². The maximum absolute atomic E-state index is 12.8. The predicted molar refractivity (Wildman–Crippen MR) is 133 cm³/mol. The van der Waals surface area contributed by atoms with Crippen LogP contribution in [0.2, 0.25) is 0 Å². The van der Waals surface area contributed by atoms with Crippen molar-refractivity contribution >= 4 is 6.09 Å². The third-order valence-electron chi connectivity index (χ3n) is 5.84. The lowest BCUT2D eigenvalue weighted by Crippen LogP contribution is -2.30. The number of nitrogens with one attached hydrogen (secondary N) is 1. The molecule has 0 heterocycles. The van der Waals surface area contributed by atoms with E-state index in [2.05, 4.69) is 36.2 Å². The summed E-state index contributed by atoms with van der Waals surface area (Å²) in [4.78, 5) is 12.8. The van der Waals surface area contributed by atoms with E-state index in [0.29, 0.717) is 13.0 Å². The molecule has 1 aliphatic rings. The van der Waals surface area contributed by atoms with Crippen LogP contribution < -0.4 is 10.1 Å². The van der Waals surface area contributed by atoms with Gasteiger partial charge in [-0.3, -0.25) is 0 Å². The Morgan fingerprint density at radius 2 is 1.52 bits per heavy atom. The highest BCUT2D eigenvalue weighted by atomic mass is 16.5. The highest BCUT2D eigenvalue weighted by Crippen LogP contribution is 2.44. The van der Waals surface area contributed by atoms with Crippen LogP contribution in [0.1, 0.15) is 55.8 Å².